The Morgan fingerprint density at radius 2 is 0.632 bits per heavy atom. The minimum atomic E-state index is 0.876. The molecule has 0 aliphatic carbocycles. The highest BCUT2D eigenvalue weighted by molar-refractivity contribution is 6.02. The fourth-order valence-electron chi connectivity index (χ4n) is 9.67. The zero-order chi connectivity index (χ0) is 45.2. The van der Waals surface area contributed by atoms with Crippen molar-refractivity contribution >= 4 is 38.8 Å². The zero-order valence-corrected chi connectivity index (χ0v) is 37.3. The van der Waals surface area contributed by atoms with E-state index in [4.69, 9.17) is 4.42 Å². The largest absolute Gasteiger partial charge is 0.455 e. The Hall–Kier alpha value is -8.98. The lowest BCUT2D eigenvalue weighted by Gasteiger charge is -2.26. The number of furan rings is 1. The van der Waals surface area contributed by atoms with Gasteiger partial charge in [-0.3, -0.25) is 0 Å². The van der Waals surface area contributed by atoms with Gasteiger partial charge in [0.05, 0.1) is 0 Å². The van der Waals surface area contributed by atoms with Crippen LogP contribution in [0.4, 0.5) is 17.1 Å². The Labute approximate surface area is 397 Å². The summed E-state index contributed by atoms with van der Waals surface area (Å²) >= 11 is 0. The fourth-order valence-corrected chi connectivity index (χ4v) is 9.67. The third kappa shape index (κ3) is 7.85. The molecule has 2 heteroatoms. The first-order valence-corrected chi connectivity index (χ1v) is 23.2. The van der Waals surface area contributed by atoms with E-state index in [1.54, 1.807) is 0 Å². The molecule has 0 aliphatic heterocycles. The van der Waals surface area contributed by atoms with Crippen LogP contribution in [0, 0.1) is 0 Å². The molecule has 320 valence electrons. The van der Waals surface area contributed by atoms with Gasteiger partial charge in [0.25, 0.3) is 0 Å². The second kappa shape index (κ2) is 17.8. The van der Waals surface area contributed by atoms with Crippen molar-refractivity contribution in [1.29, 1.82) is 0 Å². The average Bonchev–Trinajstić information content (AvgIpc) is 3.82. The molecule has 0 N–H and O–H groups in total. The van der Waals surface area contributed by atoms with Crippen molar-refractivity contribution in [1.82, 2.24) is 0 Å². The molecule has 0 saturated carbocycles. The minimum Gasteiger partial charge on any atom is -0.455 e. The van der Waals surface area contributed by atoms with E-state index in [-0.39, 0.29) is 0 Å². The van der Waals surface area contributed by atoms with Gasteiger partial charge >= 0.3 is 0 Å². The predicted octanol–water partition coefficient (Wildman–Crippen LogP) is 18.7. The van der Waals surface area contributed by atoms with E-state index in [2.05, 4.69) is 272 Å². The van der Waals surface area contributed by atoms with Crippen LogP contribution >= 0.6 is 0 Å². The van der Waals surface area contributed by atoms with Gasteiger partial charge in [-0.2, -0.15) is 0 Å². The van der Waals surface area contributed by atoms with E-state index >= 15 is 0 Å². The highest BCUT2D eigenvalue weighted by atomic mass is 16.3. The van der Waals surface area contributed by atoms with Crippen LogP contribution in [-0.4, -0.2) is 0 Å². The number of nitrogens with zero attached hydrogens (tertiary/aromatic N) is 1. The van der Waals surface area contributed by atoms with Gasteiger partial charge in [-0.1, -0.05) is 218 Å². The molecule has 2 nitrogen and oxygen atoms in total. The van der Waals surface area contributed by atoms with Crippen LogP contribution in [0.1, 0.15) is 0 Å². The first-order valence-electron chi connectivity index (χ1n) is 23.2. The van der Waals surface area contributed by atoms with Crippen LogP contribution in [0.3, 0.4) is 0 Å². The molecule has 0 unspecified atom stereocenters. The number of benzene rings is 11. The van der Waals surface area contributed by atoms with Crippen molar-refractivity contribution in [2.75, 3.05) is 4.90 Å². The highest BCUT2D eigenvalue weighted by Crippen LogP contribution is 2.43. The van der Waals surface area contributed by atoms with E-state index in [9.17, 15) is 0 Å². The molecule has 0 spiro atoms. The summed E-state index contributed by atoms with van der Waals surface area (Å²) < 4.78 is 6.61. The Bertz CT molecular complexity index is 3680. The topological polar surface area (TPSA) is 16.4 Å². The van der Waals surface area contributed by atoms with Crippen molar-refractivity contribution in [2.24, 2.45) is 0 Å². The Balaban J connectivity index is 0.888. The van der Waals surface area contributed by atoms with Crippen molar-refractivity contribution in [2.45, 2.75) is 0 Å². The zero-order valence-electron chi connectivity index (χ0n) is 37.3. The monoisotopic (exact) mass is 867 g/mol. The molecule has 0 bridgehead atoms. The highest BCUT2D eigenvalue weighted by Gasteiger charge is 2.19. The Morgan fingerprint density at radius 1 is 0.250 bits per heavy atom. The molecule has 0 fully saturated rings. The van der Waals surface area contributed by atoms with E-state index in [0.717, 1.165) is 61.6 Å². The van der Waals surface area contributed by atoms with Crippen LogP contribution in [-0.2, 0) is 0 Å². The number of hydrogen-bond acceptors (Lipinski definition) is 2. The average molecular weight is 868 g/mol. The van der Waals surface area contributed by atoms with Crippen LogP contribution in [0.2, 0.25) is 0 Å². The summed E-state index contributed by atoms with van der Waals surface area (Å²) in [6, 6.07) is 97.8. The van der Waals surface area contributed by atoms with Crippen LogP contribution in [0.5, 0.6) is 0 Å². The van der Waals surface area contributed by atoms with Gasteiger partial charge in [0.15, 0.2) is 0 Å². The molecule has 0 aliphatic rings. The first-order chi connectivity index (χ1) is 33.7. The van der Waals surface area contributed by atoms with Gasteiger partial charge in [0.2, 0.25) is 0 Å². The second-order valence-corrected chi connectivity index (χ2v) is 17.3. The van der Waals surface area contributed by atoms with Gasteiger partial charge in [-0.25, -0.2) is 0 Å². The summed E-state index contributed by atoms with van der Waals surface area (Å²) in [6.45, 7) is 0. The summed E-state index contributed by atoms with van der Waals surface area (Å²) in [5.74, 6) is 0.876. The van der Waals surface area contributed by atoms with E-state index in [0.29, 0.717) is 0 Å². The quantitative estimate of drug-likeness (QED) is 0.136. The van der Waals surface area contributed by atoms with Gasteiger partial charge in [-0.05, 0) is 127 Å². The first kappa shape index (κ1) is 40.5. The SMILES string of the molecule is c1ccc(-c2ccc(-c3ccc(N(c4ccc(-c5cccc(-c6oc7ccccc7c6-c6ccccc6)c5)cc4)c4ccc(-c5cccc(-c6cccc7ccccc67)c5)cc4)cc3)cc2)cc1. The van der Waals surface area contributed by atoms with Gasteiger partial charge in [-0.15, -0.1) is 0 Å². The summed E-state index contributed by atoms with van der Waals surface area (Å²) in [5, 5.41) is 3.62. The summed E-state index contributed by atoms with van der Waals surface area (Å²) in [5.41, 5.74) is 19.2. The molecule has 0 radical (unpaired) electrons. The number of rotatable bonds is 10. The van der Waals surface area contributed by atoms with Gasteiger partial charge < -0.3 is 9.32 Å². The maximum atomic E-state index is 6.61. The van der Waals surface area contributed by atoms with Crippen molar-refractivity contribution in [3.8, 4) is 78.1 Å². The summed E-state index contributed by atoms with van der Waals surface area (Å²) in [4.78, 5) is 2.35. The van der Waals surface area contributed by atoms with Crippen LogP contribution in [0.25, 0.3) is 99.8 Å². The predicted molar refractivity (Wildman–Crippen MR) is 286 cm³/mol. The molecule has 11 aromatic carbocycles. The summed E-state index contributed by atoms with van der Waals surface area (Å²) in [6.07, 6.45) is 0. The fraction of sp³-hybridized carbons (Fsp3) is 0. The number of fused-ring (bicyclic) bond motifs is 2. The molecule has 0 atom stereocenters. The summed E-state index contributed by atoms with van der Waals surface area (Å²) in [7, 11) is 0. The van der Waals surface area contributed by atoms with Crippen LogP contribution in [0.15, 0.2) is 277 Å². The molecule has 68 heavy (non-hydrogen) atoms. The number of hydrogen-bond donors (Lipinski definition) is 0. The number of anilines is 3. The lowest BCUT2D eigenvalue weighted by molar-refractivity contribution is 0.632. The second-order valence-electron chi connectivity index (χ2n) is 17.3. The Kier molecular flexibility index (Phi) is 10.6. The minimum absolute atomic E-state index is 0.876. The van der Waals surface area contributed by atoms with Gasteiger partial charge in [0, 0.05) is 33.6 Å². The van der Waals surface area contributed by atoms with Gasteiger partial charge in [0.1, 0.15) is 11.3 Å². The lowest BCUT2D eigenvalue weighted by Crippen LogP contribution is -2.09. The molecule has 0 saturated heterocycles. The molecular weight excluding hydrogens is 823 g/mol. The third-order valence-electron chi connectivity index (χ3n) is 13.1. The standard InChI is InChI=1S/C66H45NO/c1-3-14-46(15-4-1)47-28-30-48(31-29-47)49-32-38-58(39-33-49)67(59-40-34-50(35-41-59)54-20-11-22-56(44-54)62-26-13-19-52-16-7-8-24-61(52)62)60-42-36-51(37-43-60)55-21-12-23-57(45-55)66-65(53-17-5-2-6-18-53)63-25-9-10-27-64(63)68-66/h1-45H. The van der Waals surface area contributed by atoms with Crippen molar-refractivity contribution < 1.29 is 4.42 Å². The molecular formula is C66H45NO. The third-order valence-corrected chi connectivity index (χ3v) is 13.1. The van der Waals surface area contributed by atoms with E-state index in [1.165, 1.54) is 55.3 Å². The maximum absolute atomic E-state index is 6.61. The Morgan fingerprint density at radius 3 is 1.22 bits per heavy atom. The maximum Gasteiger partial charge on any atom is 0.143 e. The normalized spacial score (nSPS) is 11.2. The molecule has 0 amide bonds. The van der Waals surface area contributed by atoms with Crippen LogP contribution < -0.4 is 4.90 Å². The van der Waals surface area contributed by atoms with E-state index < -0.39 is 0 Å². The van der Waals surface area contributed by atoms with Crippen molar-refractivity contribution in [3.63, 3.8) is 0 Å². The van der Waals surface area contributed by atoms with Crippen molar-refractivity contribution in [3.05, 3.63) is 273 Å². The lowest BCUT2D eigenvalue weighted by atomic mass is 9.95. The molecule has 1 aromatic heterocycles. The van der Waals surface area contributed by atoms with E-state index in [1.807, 2.05) is 6.07 Å². The molecule has 12 aromatic rings. The molecule has 12 rings (SSSR count). The number of para-hydroxylation sites is 1. The molecule has 1 heterocycles. The smallest absolute Gasteiger partial charge is 0.143 e.